The van der Waals surface area contributed by atoms with Gasteiger partial charge in [-0.15, -0.1) is 0 Å². The monoisotopic (exact) mass is 1560 g/mol. The number of rotatable bonds is 27. The van der Waals surface area contributed by atoms with Crippen molar-refractivity contribution in [2.75, 3.05) is 59.5 Å². The van der Waals surface area contributed by atoms with Crippen LogP contribution >= 0.6 is 0 Å². The van der Waals surface area contributed by atoms with Crippen LogP contribution in [0.1, 0.15) is 13.8 Å². The van der Waals surface area contributed by atoms with Crippen molar-refractivity contribution in [3.63, 3.8) is 0 Å². The van der Waals surface area contributed by atoms with Gasteiger partial charge in [0.15, 0.2) is 56.6 Å². The van der Waals surface area contributed by atoms with Gasteiger partial charge in [-0.25, -0.2) is 0 Å². The summed E-state index contributed by atoms with van der Waals surface area (Å²) < 4.78 is 98.9. The van der Waals surface area contributed by atoms with Gasteiger partial charge in [0.2, 0.25) is 11.8 Å². The third-order valence-corrected chi connectivity index (χ3v) is 19.5. The zero-order valence-electron chi connectivity index (χ0n) is 56.2. The van der Waals surface area contributed by atoms with Crippen molar-refractivity contribution in [3.05, 3.63) is 0 Å². The molecule has 616 valence electrons. The Balaban J connectivity index is 1.06. The molecule has 0 aromatic heterocycles. The summed E-state index contributed by atoms with van der Waals surface area (Å²) in [6.45, 7) is -7.74. The van der Waals surface area contributed by atoms with Crippen LogP contribution in [0, 0.1) is 0 Å². The second kappa shape index (κ2) is 37.9. The zero-order chi connectivity index (χ0) is 77.9. The van der Waals surface area contributed by atoms with Crippen molar-refractivity contribution in [1.82, 2.24) is 10.6 Å². The van der Waals surface area contributed by atoms with Crippen LogP contribution in [0.2, 0.25) is 0 Å². The predicted octanol–water partition coefficient (Wildman–Crippen LogP) is -20.3. The lowest BCUT2D eigenvalue weighted by Gasteiger charge is -2.51. The second-order valence-corrected chi connectivity index (χ2v) is 26.7. The molecule has 48 nitrogen and oxygen atoms in total. The SMILES string of the molecule is CC(=O)N[C@@H]1[C@@H](O)[C@H](O[C@@H]2O[C@H](CO)[C@@H](O[C@@H]3O[C@H](CO[C@H]4O[C@H](CO[C@H]5O[C@H](CO)[C@@H](O)[C@H](O)[C@@H]5O)[C@@H](O)[C@H](O[C@@H]5O[C@H](CO)[C@@H](O)[C@H](O)[C@@H]5O)[C@@H]4O)[C@@H](O)[C@H](O[C@H]4O[C@H](CO)[C@@H](O)[C@H](O)[C@@H]4O[C@H]4O[C@H](CO)[C@@H](O)[C@H](O)[C@@H]4O[C@H]4O[C@H](CO)[C@@H](O)[C@H](O)[C@@H]4O)[C@@H]3O)[C@H](O)[C@H]2NC(C)=O)[C@@H](CO)O[C@H]1O. The Morgan fingerprint density at radius 1 is 0.245 bits per heavy atom. The summed E-state index contributed by atoms with van der Waals surface area (Å²) in [7, 11) is 0. The maximum atomic E-state index is 12.9. The van der Waals surface area contributed by atoms with Crippen molar-refractivity contribution in [2.45, 2.75) is 290 Å². The molecule has 0 aromatic carbocycles. The molecule has 0 spiro atoms. The van der Waals surface area contributed by atoms with E-state index in [1.165, 1.54) is 0 Å². The van der Waals surface area contributed by atoms with E-state index in [-0.39, 0.29) is 0 Å². The van der Waals surface area contributed by atoms with E-state index in [0.29, 0.717) is 0 Å². The third-order valence-electron chi connectivity index (χ3n) is 19.5. The van der Waals surface area contributed by atoms with Gasteiger partial charge in [0.05, 0.1) is 59.5 Å². The minimum absolute atomic E-state index is 0.788. The highest BCUT2D eigenvalue weighted by atomic mass is 16.8. The number of ether oxygens (including phenoxy) is 17. The molecule has 9 fully saturated rings. The maximum absolute atomic E-state index is 12.9. The summed E-state index contributed by atoms with van der Waals surface area (Å²) in [6.07, 6.45) is -90.8. The van der Waals surface area contributed by atoms with E-state index in [4.69, 9.17) is 80.5 Å². The highest BCUT2D eigenvalue weighted by Gasteiger charge is 2.60. The molecule has 0 aromatic rings. The topological polar surface area (TPSA) is 761 Å². The van der Waals surface area contributed by atoms with E-state index in [2.05, 4.69) is 10.6 Å². The first kappa shape index (κ1) is 87.2. The molecular weight excluding hydrogens is 1460 g/mol. The van der Waals surface area contributed by atoms with Crippen LogP contribution in [0.5, 0.6) is 0 Å². The van der Waals surface area contributed by atoms with Crippen LogP contribution in [0.25, 0.3) is 0 Å². The largest absolute Gasteiger partial charge is 0.394 e. The molecule has 0 saturated carbocycles. The number of aliphatic hydroxyl groups is 27. The van der Waals surface area contributed by atoms with Gasteiger partial charge in [0.25, 0.3) is 0 Å². The van der Waals surface area contributed by atoms with Gasteiger partial charge >= 0.3 is 0 Å². The highest BCUT2D eigenvalue weighted by Crippen LogP contribution is 2.40. The Morgan fingerprint density at radius 3 is 0.925 bits per heavy atom. The number of amides is 2. The summed E-state index contributed by atoms with van der Waals surface area (Å²) in [6, 6.07) is -3.57. The first-order chi connectivity index (χ1) is 50.2. The number of carbonyl (C=O) groups excluding carboxylic acids is 2. The molecule has 106 heavy (non-hydrogen) atoms. The number of nitrogens with one attached hydrogen (secondary N) is 2. The van der Waals surface area contributed by atoms with Crippen LogP contribution in [-0.4, -0.2) is 485 Å². The van der Waals surface area contributed by atoms with Gasteiger partial charge in [0.1, 0.15) is 220 Å². The minimum atomic E-state index is -2.58. The Hall–Kier alpha value is -2.82. The van der Waals surface area contributed by atoms with E-state index >= 15 is 0 Å². The minimum Gasteiger partial charge on any atom is -0.394 e. The summed E-state index contributed by atoms with van der Waals surface area (Å²) in [5.74, 6) is -1.73. The fraction of sp³-hybridized carbons (Fsp3) is 0.966. The van der Waals surface area contributed by atoms with E-state index in [1.807, 2.05) is 0 Å². The molecule has 2 amide bonds. The van der Waals surface area contributed by atoms with Gasteiger partial charge in [-0.2, -0.15) is 0 Å². The molecule has 0 aliphatic carbocycles. The fourth-order valence-electron chi connectivity index (χ4n) is 13.5. The van der Waals surface area contributed by atoms with E-state index in [9.17, 15) is 147 Å². The first-order valence-corrected chi connectivity index (χ1v) is 33.7. The fourth-order valence-corrected chi connectivity index (χ4v) is 13.5. The van der Waals surface area contributed by atoms with Crippen LogP contribution in [0.3, 0.4) is 0 Å². The van der Waals surface area contributed by atoms with Crippen LogP contribution in [-0.2, 0) is 90.1 Å². The van der Waals surface area contributed by atoms with Gasteiger partial charge in [-0.05, 0) is 0 Å². The molecule has 45 atom stereocenters. The number of aliphatic hydroxyl groups excluding tert-OH is 27. The van der Waals surface area contributed by atoms with Gasteiger partial charge < -0.3 is 229 Å². The van der Waals surface area contributed by atoms with Crippen molar-refractivity contribution in [2.24, 2.45) is 0 Å². The Morgan fingerprint density at radius 2 is 0.509 bits per heavy atom. The number of carbonyl (C=O) groups is 2. The standard InChI is InChI=1S/C58H98N2O46/c1-12(68)59-23-32(77)44(19(8-66)92-50(23)89)101-51-24(60-13(2)69)33(78)45(20(9-67)98-51)102-56-43(88)47(104-57-49(38(83)29(74)17(6-64)96-57)106-58-48(37(82)28(73)18(7-65)97-58)105-55-41(86)36(81)27(72)16(5-63)95-55)31(76)22(100-56)11-91-53-42(87)46(103-54-40(85)35(80)26(71)15(4-62)94-54)30(75)21(99-53)10-90-52-39(84)34(79)25(70)14(3-61)93-52/h14-58,61-67,70-89H,3-11H2,1-2H3,(H,59,68)(H,60,69)/t14-,15-,16-,17-,18-,19-,20-,21-,22-,23-,24-,25-,26-,27-,28-,29-,30-,31-,32-,33-,34+,35+,36+,37+,38+,39+,40+,41+,42+,43+,44-,45-,46+,47+,48+,49+,50-,51+,52+,53+,54+,55-,56+,57-,58-/m1/s1. The number of hydrogen-bond donors (Lipinski definition) is 29. The van der Waals surface area contributed by atoms with Crippen molar-refractivity contribution in [1.29, 1.82) is 0 Å². The van der Waals surface area contributed by atoms with Crippen LogP contribution < -0.4 is 10.6 Å². The van der Waals surface area contributed by atoms with Crippen LogP contribution in [0.15, 0.2) is 0 Å². The first-order valence-electron chi connectivity index (χ1n) is 33.7. The Kier molecular flexibility index (Phi) is 31.1. The third kappa shape index (κ3) is 18.7. The Labute approximate surface area is 598 Å². The predicted molar refractivity (Wildman–Crippen MR) is 320 cm³/mol. The van der Waals surface area contributed by atoms with E-state index < -0.39 is 348 Å². The smallest absolute Gasteiger partial charge is 0.217 e. The van der Waals surface area contributed by atoms with E-state index in [0.717, 1.165) is 13.8 Å². The van der Waals surface area contributed by atoms with Crippen LogP contribution in [0.4, 0.5) is 0 Å². The molecule has 9 aliphatic rings. The van der Waals surface area contributed by atoms with Gasteiger partial charge in [-0.1, -0.05) is 0 Å². The highest BCUT2D eigenvalue weighted by molar-refractivity contribution is 5.73. The maximum Gasteiger partial charge on any atom is 0.217 e. The van der Waals surface area contributed by atoms with Gasteiger partial charge in [-0.3, -0.25) is 9.59 Å². The molecule has 9 saturated heterocycles. The lowest BCUT2D eigenvalue weighted by Crippen LogP contribution is -2.70. The zero-order valence-corrected chi connectivity index (χ0v) is 56.2. The second-order valence-electron chi connectivity index (χ2n) is 26.7. The molecule has 0 bridgehead atoms. The number of hydrogen-bond acceptors (Lipinski definition) is 46. The molecule has 9 heterocycles. The summed E-state index contributed by atoms with van der Waals surface area (Å²) in [5.41, 5.74) is 0. The van der Waals surface area contributed by atoms with Crippen molar-refractivity contribution < 1.29 is 228 Å². The average Bonchev–Trinajstić information content (AvgIpc) is 0.771. The summed E-state index contributed by atoms with van der Waals surface area (Å²) in [4.78, 5) is 25.1. The normalized spacial score (nSPS) is 51.2. The molecular formula is C58H98N2O46. The van der Waals surface area contributed by atoms with Crippen molar-refractivity contribution >= 4 is 11.8 Å². The molecule has 0 unspecified atom stereocenters. The quantitative estimate of drug-likeness (QED) is 0.0363. The van der Waals surface area contributed by atoms with Crippen molar-refractivity contribution in [3.8, 4) is 0 Å². The molecule has 9 aliphatic heterocycles. The molecule has 29 N–H and O–H groups in total. The van der Waals surface area contributed by atoms with E-state index in [1.54, 1.807) is 0 Å². The summed E-state index contributed by atoms with van der Waals surface area (Å²) >= 11 is 0. The molecule has 9 rings (SSSR count). The lowest BCUT2D eigenvalue weighted by atomic mass is 9.94. The lowest BCUT2D eigenvalue weighted by molar-refractivity contribution is -0.408. The van der Waals surface area contributed by atoms with Gasteiger partial charge in [0, 0.05) is 13.8 Å². The Bertz CT molecular complexity index is 2710. The average molecular weight is 1560 g/mol. The molecule has 48 heteroatoms. The molecule has 0 radical (unpaired) electrons. The summed E-state index contributed by atoms with van der Waals surface area (Å²) in [5, 5.41) is 301.